The second-order valence-corrected chi connectivity index (χ2v) is 9.31. The molecule has 0 aliphatic heterocycles. The summed E-state index contributed by atoms with van der Waals surface area (Å²) in [4.78, 5) is 4.41. The van der Waals surface area contributed by atoms with E-state index < -0.39 is 0 Å². The zero-order chi connectivity index (χ0) is 21.9. The van der Waals surface area contributed by atoms with E-state index in [1.54, 1.807) is 6.20 Å². The van der Waals surface area contributed by atoms with Crippen molar-refractivity contribution in [1.82, 2.24) is 4.98 Å². The summed E-state index contributed by atoms with van der Waals surface area (Å²) in [7, 11) is 0. The number of anilines is 1. The lowest BCUT2D eigenvalue weighted by Gasteiger charge is -2.21. The Labute approximate surface area is 188 Å². The van der Waals surface area contributed by atoms with Gasteiger partial charge in [0.15, 0.2) is 0 Å². The van der Waals surface area contributed by atoms with Gasteiger partial charge in [-0.1, -0.05) is 68.1 Å². The standard InChI is InChI=1S/C25H23Cl2N3/c1-5-17(19-8-6-7-9-21(19)26)10-16-11-20-23(30-15-25(2,3)4)18(13-28)14-29-24(20)22(27)12-16/h1,6-9,11-12,14,17H,10,15H2,2-4H3,(H,29,30)/t17-/m0/s1. The number of hydrogen-bond acceptors (Lipinski definition) is 3. The number of halogens is 2. The first-order valence-electron chi connectivity index (χ1n) is 9.69. The van der Waals surface area contributed by atoms with Gasteiger partial charge in [0, 0.05) is 23.2 Å². The van der Waals surface area contributed by atoms with E-state index in [-0.39, 0.29) is 11.3 Å². The van der Waals surface area contributed by atoms with Crippen molar-refractivity contribution >= 4 is 39.8 Å². The largest absolute Gasteiger partial charge is 0.383 e. The maximum absolute atomic E-state index is 9.60. The Hall–Kier alpha value is -2.72. The minimum atomic E-state index is -0.190. The Morgan fingerprint density at radius 2 is 1.90 bits per heavy atom. The quantitative estimate of drug-likeness (QED) is 0.446. The molecule has 0 unspecified atom stereocenters. The van der Waals surface area contributed by atoms with Crippen molar-refractivity contribution in [1.29, 1.82) is 5.26 Å². The second kappa shape index (κ2) is 8.97. The van der Waals surface area contributed by atoms with Crippen LogP contribution in [-0.2, 0) is 6.42 Å². The van der Waals surface area contributed by atoms with Crippen LogP contribution in [0.4, 0.5) is 5.69 Å². The minimum absolute atomic E-state index is 0.0440. The summed E-state index contributed by atoms with van der Waals surface area (Å²) in [5, 5.41) is 15.0. The van der Waals surface area contributed by atoms with Gasteiger partial charge in [-0.25, -0.2) is 0 Å². The van der Waals surface area contributed by atoms with Crippen molar-refractivity contribution in [3.05, 3.63) is 69.3 Å². The molecule has 30 heavy (non-hydrogen) atoms. The molecule has 1 atom stereocenters. The zero-order valence-corrected chi connectivity index (χ0v) is 18.8. The molecule has 1 aromatic heterocycles. The van der Waals surface area contributed by atoms with Crippen molar-refractivity contribution in [2.45, 2.75) is 33.1 Å². The van der Waals surface area contributed by atoms with Gasteiger partial charge < -0.3 is 5.32 Å². The van der Waals surface area contributed by atoms with Crippen molar-refractivity contribution in [2.24, 2.45) is 5.41 Å². The Morgan fingerprint density at radius 3 is 2.53 bits per heavy atom. The summed E-state index contributed by atoms with van der Waals surface area (Å²) in [5.41, 5.74) is 3.81. The van der Waals surface area contributed by atoms with Gasteiger partial charge in [0.05, 0.1) is 27.7 Å². The number of rotatable bonds is 5. The molecule has 0 aliphatic carbocycles. The van der Waals surface area contributed by atoms with E-state index in [2.05, 4.69) is 43.1 Å². The number of nitriles is 1. The fraction of sp³-hybridized carbons (Fsp3) is 0.280. The summed E-state index contributed by atoms with van der Waals surface area (Å²) in [6, 6.07) is 13.7. The molecule has 3 rings (SSSR count). The molecule has 5 heteroatoms. The van der Waals surface area contributed by atoms with E-state index in [0.29, 0.717) is 34.1 Å². The van der Waals surface area contributed by atoms with Crippen LogP contribution in [-0.4, -0.2) is 11.5 Å². The summed E-state index contributed by atoms with van der Waals surface area (Å²) in [6.45, 7) is 7.11. The van der Waals surface area contributed by atoms with Gasteiger partial charge >= 0.3 is 0 Å². The summed E-state index contributed by atoms with van der Waals surface area (Å²) in [5.74, 6) is 2.66. The van der Waals surface area contributed by atoms with Gasteiger partial charge in [-0.3, -0.25) is 4.98 Å². The third-order valence-corrected chi connectivity index (χ3v) is 5.45. The Kier molecular flexibility index (Phi) is 6.57. The number of pyridine rings is 1. The molecule has 152 valence electrons. The maximum Gasteiger partial charge on any atom is 0.103 e. The molecular weight excluding hydrogens is 413 g/mol. The lowest BCUT2D eigenvalue weighted by atomic mass is 9.91. The van der Waals surface area contributed by atoms with Crippen molar-refractivity contribution < 1.29 is 0 Å². The zero-order valence-electron chi connectivity index (χ0n) is 17.3. The molecule has 2 aromatic carbocycles. The molecule has 0 fully saturated rings. The number of fused-ring (bicyclic) bond motifs is 1. The van der Waals surface area contributed by atoms with Crippen LogP contribution < -0.4 is 5.32 Å². The SMILES string of the molecule is C#C[C@@H](Cc1cc(Cl)c2ncc(C#N)c(NCC(C)(C)C)c2c1)c1ccccc1Cl. The summed E-state index contributed by atoms with van der Waals surface area (Å²) >= 11 is 12.9. The molecule has 0 amide bonds. The Morgan fingerprint density at radius 1 is 1.17 bits per heavy atom. The number of nitrogens with zero attached hydrogens (tertiary/aromatic N) is 2. The molecule has 0 aliphatic rings. The van der Waals surface area contributed by atoms with E-state index >= 15 is 0 Å². The highest BCUT2D eigenvalue weighted by Gasteiger charge is 2.18. The highest BCUT2D eigenvalue weighted by atomic mass is 35.5. The number of benzene rings is 2. The number of terminal acetylenes is 1. The smallest absolute Gasteiger partial charge is 0.103 e. The number of aromatic nitrogens is 1. The summed E-state index contributed by atoms with van der Waals surface area (Å²) < 4.78 is 0. The minimum Gasteiger partial charge on any atom is -0.383 e. The average Bonchev–Trinajstić information content (AvgIpc) is 2.70. The van der Waals surface area contributed by atoms with Crippen LogP contribution in [0.15, 0.2) is 42.6 Å². The van der Waals surface area contributed by atoms with Gasteiger partial charge in [-0.2, -0.15) is 5.26 Å². The van der Waals surface area contributed by atoms with Crippen LogP contribution in [0.1, 0.15) is 43.4 Å². The number of nitrogens with one attached hydrogen (secondary N) is 1. The Balaban J connectivity index is 2.08. The molecule has 3 nitrogen and oxygen atoms in total. The van der Waals surface area contributed by atoms with Crippen LogP contribution in [0.25, 0.3) is 10.9 Å². The number of hydrogen-bond donors (Lipinski definition) is 1. The highest BCUT2D eigenvalue weighted by molar-refractivity contribution is 6.35. The third kappa shape index (κ3) is 4.88. The monoisotopic (exact) mass is 435 g/mol. The fourth-order valence-corrected chi connectivity index (χ4v) is 3.87. The first-order chi connectivity index (χ1) is 14.2. The van der Waals surface area contributed by atoms with E-state index in [0.717, 1.165) is 22.2 Å². The second-order valence-electron chi connectivity index (χ2n) is 8.49. The topological polar surface area (TPSA) is 48.7 Å². The predicted octanol–water partition coefficient (Wildman–Crippen LogP) is 6.83. The fourth-order valence-electron chi connectivity index (χ4n) is 3.31. The normalized spacial score (nSPS) is 12.2. The van der Waals surface area contributed by atoms with Crippen LogP contribution in [0.5, 0.6) is 0 Å². The summed E-state index contributed by atoms with van der Waals surface area (Å²) in [6.07, 6.45) is 7.97. The predicted molar refractivity (Wildman–Crippen MR) is 126 cm³/mol. The van der Waals surface area contributed by atoms with E-state index in [4.69, 9.17) is 29.6 Å². The molecule has 1 N–H and O–H groups in total. The lowest BCUT2D eigenvalue weighted by Crippen LogP contribution is -2.19. The average molecular weight is 436 g/mol. The van der Waals surface area contributed by atoms with Gasteiger partial charge in [0.25, 0.3) is 0 Å². The molecule has 0 saturated heterocycles. The van der Waals surface area contributed by atoms with E-state index in [9.17, 15) is 5.26 Å². The molecule has 0 bridgehead atoms. The molecule has 0 spiro atoms. The van der Waals surface area contributed by atoms with Crippen molar-refractivity contribution in [3.8, 4) is 18.4 Å². The van der Waals surface area contributed by atoms with Crippen molar-refractivity contribution in [2.75, 3.05) is 11.9 Å². The van der Waals surface area contributed by atoms with Gasteiger partial charge in [-0.15, -0.1) is 6.42 Å². The highest BCUT2D eigenvalue weighted by Crippen LogP contribution is 2.34. The van der Waals surface area contributed by atoms with E-state index in [1.165, 1.54) is 0 Å². The first kappa shape index (κ1) is 22.0. The molecule has 1 heterocycles. The maximum atomic E-state index is 9.60. The molecular formula is C25H23Cl2N3. The molecule has 0 radical (unpaired) electrons. The molecule has 0 saturated carbocycles. The van der Waals surface area contributed by atoms with Gasteiger partial charge in [-0.05, 0) is 41.2 Å². The van der Waals surface area contributed by atoms with Crippen LogP contribution >= 0.6 is 23.2 Å². The van der Waals surface area contributed by atoms with Crippen molar-refractivity contribution in [3.63, 3.8) is 0 Å². The van der Waals surface area contributed by atoms with E-state index in [1.807, 2.05) is 36.4 Å². The third-order valence-electron chi connectivity index (χ3n) is 4.82. The first-order valence-corrected chi connectivity index (χ1v) is 10.4. The van der Waals surface area contributed by atoms with Gasteiger partial charge in [0.2, 0.25) is 0 Å². The lowest BCUT2D eigenvalue weighted by molar-refractivity contribution is 0.443. The van der Waals surface area contributed by atoms with Gasteiger partial charge in [0.1, 0.15) is 6.07 Å². The van der Waals surface area contributed by atoms with Crippen LogP contribution in [0.2, 0.25) is 10.0 Å². The molecule has 3 aromatic rings. The van der Waals surface area contributed by atoms with Crippen LogP contribution in [0.3, 0.4) is 0 Å². The van der Waals surface area contributed by atoms with Crippen LogP contribution in [0, 0.1) is 29.1 Å². The Bertz CT molecular complexity index is 1160.